The molecule has 1 unspecified atom stereocenters. The molecule has 1 aromatic heterocycles. The van der Waals surface area contributed by atoms with E-state index < -0.39 is 34.7 Å². The second-order valence-corrected chi connectivity index (χ2v) is 11.0. The summed E-state index contributed by atoms with van der Waals surface area (Å²) in [6, 6.07) is 7.65. The van der Waals surface area contributed by atoms with Gasteiger partial charge in [0.25, 0.3) is 5.91 Å². The van der Waals surface area contributed by atoms with Gasteiger partial charge in [0, 0.05) is 31.5 Å². The number of aromatic nitrogens is 1. The number of imide groups is 1. The Balaban J connectivity index is 1.31. The minimum atomic E-state index is -4.38. The van der Waals surface area contributed by atoms with Crippen molar-refractivity contribution < 1.29 is 32.7 Å². The summed E-state index contributed by atoms with van der Waals surface area (Å²) < 4.78 is 38.6. The number of pyridine rings is 1. The maximum Gasteiger partial charge on any atom is 0.416 e. The third-order valence-corrected chi connectivity index (χ3v) is 8.01. The highest BCUT2D eigenvalue weighted by atomic mass is 19.4. The lowest BCUT2D eigenvalue weighted by Crippen LogP contribution is -2.55. The van der Waals surface area contributed by atoms with Crippen LogP contribution in [-0.4, -0.2) is 56.7 Å². The van der Waals surface area contributed by atoms with E-state index in [9.17, 15) is 32.7 Å². The van der Waals surface area contributed by atoms with E-state index in [2.05, 4.69) is 15.2 Å². The lowest BCUT2D eigenvalue weighted by molar-refractivity contribution is -0.138. The Morgan fingerprint density at radius 3 is 2.45 bits per heavy atom. The first-order valence-corrected chi connectivity index (χ1v) is 12.5. The molecule has 2 fully saturated rings. The van der Waals surface area contributed by atoms with Crippen molar-refractivity contribution in [2.24, 2.45) is 5.41 Å². The van der Waals surface area contributed by atoms with E-state index in [0.29, 0.717) is 43.0 Å². The largest absolute Gasteiger partial charge is 0.416 e. The van der Waals surface area contributed by atoms with Gasteiger partial charge in [0.2, 0.25) is 11.8 Å². The van der Waals surface area contributed by atoms with Crippen LogP contribution < -0.4 is 5.32 Å². The molecule has 0 spiro atoms. The molecule has 4 heterocycles. The molecule has 5 rings (SSSR count). The van der Waals surface area contributed by atoms with Crippen molar-refractivity contribution in [1.82, 2.24) is 20.1 Å². The summed E-state index contributed by atoms with van der Waals surface area (Å²) in [5, 5.41) is 14.1. The number of likely N-dealkylation sites (tertiary alicyclic amines) is 1. The van der Waals surface area contributed by atoms with Crippen LogP contribution in [0.25, 0.3) is 0 Å². The number of amides is 3. The number of halogens is 3. The Labute approximate surface area is 217 Å². The van der Waals surface area contributed by atoms with Crippen LogP contribution in [0, 0.1) is 5.41 Å². The van der Waals surface area contributed by atoms with Gasteiger partial charge in [-0.1, -0.05) is 26.0 Å². The van der Waals surface area contributed by atoms with Crippen LogP contribution in [0.1, 0.15) is 66.0 Å². The van der Waals surface area contributed by atoms with Crippen LogP contribution in [-0.2, 0) is 34.5 Å². The first kappa shape index (κ1) is 26.3. The predicted octanol–water partition coefficient (Wildman–Crippen LogP) is 2.98. The average Bonchev–Trinajstić information content (AvgIpc) is 3.16. The fourth-order valence-electron chi connectivity index (χ4n) is 5.76. The van der Waals surface area contributed by atoms with E-state index in [0.717, 1.165) is 17.7 Å². The molecule has 202 valence electrons. The number of nitrogens with zero attached hydrogens (tertiary/aromatic N) is 3. The Morgan fingerprint density at radius 1 is 1.11 bits per heavy atom. The van der Waals surface area contributed by atoms with Crippen LogP contribution in [0.5, 0.6) is 0 Å². The van der Waals surface area contributed by atoms with Crippen LogP contribution in [0.15, 0.2) is 36.4 Å². The molecule has 2 atom stereocenters. The standard InChI is InChI=1S/C27H29F3N4O4/c1-25(2)15-33(13-16-3-5-17(6-4-16)27(28,29)30)12-11-26(25,38)21-9-7-18-19(31-21)14-34(24(18)37)20-8-10-22(35)32-23(20)36/h3-7,9,20,38H,8,10-15H2,1-2H3,(H,32,35,36)/t20?,26-/m0/s1. The van der Waals surface area contributed by atoms with Gasteiger partial charge in [0.15, 0.2) is 0 Å². The molecule has 38 heavy (non-hydrogen) atoms. The number of hydrogen-bond acceptors (Lipinski definition) is 6. The van der Waals surface area contributed by atoms with E-state index in [4.69, 9.17) is 0 Å². The Morgan fingerprint density at radius 2 is 1.82 bits per heavy atom. The smallest absolute Gasteiger partial charge is 0.383 e. The summed E-state index contributed by atoms with van der Waals surface area (Å²) in [5.41, 5.74) is -0.607. The normalized spacial score (nSPS) is 25.9. The molecular weight excluding hydrogens is 501 g/mol. The van der Waals surface area contributed by atoms with Crippen molar-refractivity contribution in [3.63, 3.8) is 0 Å². The van der Waals surface area contributed by atoms with E-state index in [1.54, 1.807) is 12.1 Å². The summed E-state index contributed by atoms with van der Waals surface area (Å²) in [6.45, 7) is 5.38. The number of alkyl halides is 3. The van der Waals surface area contributed by atoms with Gasteiger partial charge in [-0.15, -0.1) is 0 Å². The molecule has 8 nitrogen and oxygen atoms in total. The Bertz CT molecular complexity index is 1290. The molecule has 1 aromatic carbocycles. The Hall–Kier alpha value is -3.31. The van der Waals surface area contributed by atoms with E-state index in [-0.39, 0.29) is 31.2 Å². The van der Waals surface area contributed by atoms with Gasteiger partial charge in [-0.3, -0.25) is 29.6 Å². The number of piperidine rings is 2. The van der Waals surface area contributed by atoms with Gasteiger partial charge in [0.05, 0.1) is 29.1 Å². The number of hydrogen-bond donors (Lipinski definition) is 2. The molecule has 2 saturated heterocycles. The van der Waals surface area contributed by atoms with Crippen molar-refractivity contribution in [3.8, 4) is 0 Å². The lowest BCUT2D eigenvalue weighted by Gasteiger charge is -2.50. The number of benzene rings is 1. The highest BCUT2D eigenvalue weighted by molar-refractivity contribution is 6.05. The number of aliphatic hydroxyl groups is 1. The second-order valence-electron chi connectivity index (χ2n) is 11.0. The highest BCUT2D eigenvalue weighted by Gasteiger charge is 2.50. The van der Waals surface area contributed by atoms with Crippen molar-refractivity contribution in [2.45, 2.75) is 64.0 Å². The Kier molecular flexibility index (Phi) is 6.34. The van der Waals surface area contributed by atoms with Gasteiger partial charge < -0.3 is 10.0 Å². The molecule has 2 N–H and O–H groups in total. The third-order valence-electron chi connectivity index (χ3n) is 8.01. The van der Waals surface area contributed by atoms with E-state index in [1.165, 1.54) is 17.0 Å². The SMILES string of the molecule is CC1(C)CN(Cc2ccc(C(F)(F)F)cc2)CC[C@]1(O)c1ccc2c(n1)CN(C1CCC(=O)NC1=O)C2=O. The number of fused-ring (bicyclic) bond motifs is 1. The summed E-state index contributed by atoms with van der Waals surface area (Å²) in [6.07, 6.45) is -3.62. The van der Waals surface area contributed by atoms with Crippen LogP contribution >= 0.6 is 0 Å². The summed E-state index contributed by atoms with van der Waals surface area (Å²) in [4.78, 5) is 45.0. The van der Waals surface area contributed by atoms with Crippen molar-refractivity contribution in [3.05, 3.63) is 64.5 Å². The van der Waals surface area contributed by atoms with Crippen LogP contribution in [0.4, 0.5) is 13.2 Å². The summed E-state index contributed by atoms with van der Waals surface area (Å²) in [5.74, 6) is -1.18. The zero-order chi connectivity index (χ0) is 27.5. The number of rotatable bonds is 4. The number of carbonyl (C=O) groups excluding carboxylic acids is 3. The third kappa shape index (κ3) is 4.58. The maximum atomic E-state index is 13.0. The quantitative estimate of drug-likeness (QED) is 0.590. The van der Waals surface area contributed by atoms with Gasteiger partial charge in [-0.25, -0.2) is 0 Å². The maximum absolute atomic E-state index is 13.0. The molecule has 11 heteroatoms. The van der Waals surface area contributed by atoms with Crippen LogP contribution in [0.3, 0.4) is 0 Å². The van der Waals surface area contributed by atoms with Gasteiger partial charge >= 0.3 is 6.18 Å². The minimum absolute atomic E-state index is 0.116. The highest BCUT2D eigenvalue weighted by Crippen LogP contribution is 2.46. The summed E-state index contributed by atoms with van der Waals surface area (Å²) >= 11 is 0. The zero-order valence-corrected chi connectivity index (χ0v) is 21.1. The van der Waals surface area contributed by atoms with Crippen molar-refractivity contribution in [2.75, 3.05) is 13.1 Å². The molecule has 3 aliphatic heterocycles. The lowest BCUT2D eigenvalue weighted by atomic mass is 9.68. The molecule has 0 aliphatic carbocycles. The fraction of sp³-hybridized carbons (Fsp3) is 0.481. The first-order chi connectivity index (χ1) is 17.8. The zero-order valence-electron chi connectivity index (χ0n) is 21.1. The summed E-state index contributed by atoms with van der Waals surface area (Å²) in [7, 11) is 0. The van der Waals surface area contributed by atoms with Gasteiger partial charge in [0.1, 0.15) is 11.6 Å². The molecule has 0 saturated carbocycles. The molecule has 2 aromatic rings. The average molecular weight is 531 g/mol. The van der Waals surface area contributed by atoms with Crippen molar-refractivity contribution >= 4 is 17.7 Å². The van der Waals surface area contributed by atoms with Crippen LogP contribution in [0.2, 0.25) is 0 Å². The fourth-order valence-corrected chi connectivity index (χ4v) is 5.76. The molecule has 0 radical (unpaired) electrons. The molecule has 3 aliphatic rings. The molecular formula is C27H29F3N4O4. The topological polar surface area (TPSA) is 103 Å². The number of carbonyl (C=O) groups is 3. The van der Waals surface area contributed by atoms with E-state index >= 15 is 0 Å². The second kappa shape index (κ2) is 9.16. The predicted molar refractivity (Wildman–Crippen MR) is 129 cm³/mol. The first-order valence-electron chi connectivity index (χ1n) is 12.5. The molecule has 3 amide bonds. The van der Waals surface area contributed by atoms with E-state index in [1.807, 2.05) is 13.8 Å². The monoisotopic (exact) mass is 530 g/mol. The van der Waals surface area contributed by atoms with Crippen molar-refractivity contribution in [1.29, 1.82) is 0 Å². The number of nitrogens with one attached hydrogen (secondary N) is 1. The molecule has 0 bridgehead atoms. The van der Waals surface area contributed by atoms with Gasteiger partial charge in [-0.2, -0.15) is 13.2 Å². The minimum Gasteiger partial charge on any atom is -0.383 e. The van der Waals surface area contributed by atoms with Gasteiger partial charge in [-0.05, 0) is 42.7 Å².